The van der Waals surface area contributed by atoms with Gasteiger partial charge in [-0.1, -0.05) is 17.7 Å². The van der Waals surface area contributed by atoms with Crippen LogP contribution in [-0.2, 0) is 0 Å². The van der Waals surface area contributed by atoms with Crippen molar-refractivity contribution in [2.75, 3.05) is 0 Å². The van der Waals surface area contributed by atoms with Crippen LogP contribution in [0.3, 0.4) is 0 Å². The third-order valence-corrected chi connectivity index (χ3v) is 3.79. The van der Waals surface area contributed by atoms with E-state index in [0.29, 0.717) is 12.0 Å². The largest absolute Gasteiger partial charge is 0.328 e. The standard InChI is InChI=1S/C14H22N2/c1-8-4-9(2)13(10(3)5-8)14(16)11-6-12(15)7-11/h4-5,11-12,14H,6-7,15-16H2,1-3H3. The smallest absolute Gasteiger partial charge is 0.0329 e. The van der Waals surface area contributed by atoms with Crippen LogP contribution in [0, 0.1) is 26.7 Å². The predicted octanol–water partition coefficient (Wildman–Crippen LogP) is 2.35. The number of aryl methyl sites for hydroxylation is 3. The highest BCUT2D eigenvalue weighted by molar-refractivity contribution is 5.40. The van der Waals surface area contributed by atoms with Gasteiger partial charge in [0.25, 0.3) is 0 Å². The maximum Gasteiger partial charge on any atom is 0.0329 e. The lowest BCUT2D eigenvalue weighted by Gasteiger charge is -2.38. The molecule has 0 spiro atoms. The zero-order chi connectivity index (χ0) is 11.9. The lowest BCUT2D eigenvalue weighted by molar-refractivity contribution is 0.223. The summed E-state index contributed by atoms with van der Waals surface area (Å²) >= 11 is 0. The molecule has 2 nitrogen and oxygen atoms in total. The Morgan fingerprint density at radius 1 is 1.12 bits per heavy atom. The van der Waals surface area contributed by atoms with Gasteiger partial charge < -0.3 is 11.5 Å². The van der Waals surface area contributed by atoms with Crippen molar-refractivity contribution >= 4 is 0 Å². The summed E-state index contributed by atoms with van der Waals surface area (Å²) in [6, 6.07) is 4.99. The molecule has 1 unspecified atom stereocenters. The molecule has 0 saturated heterocycles. The summed E-state index contributed by atoms with van der Waals surface area (Å²) in [5.41, 5.74) is 17.5. The Morgan fingerprint density at radius 3 is 2.06 bits per heavy atom. The third-order valence-electron chi connectivity index (χ3n) is 3.79. The molecule has 1 aliphatic rings. The van der Waals surface area contributed by atoms with E-state index in [0.717, 1.165) is 12.8 Å². The van der Waals surface area contributed by atoms with E-state index in [1.54, 1.807) is 0 Å². The molecule has 0 aromatic heterocycles. The van der Waals surface area contributed by atoms with Gasteiger partial charge in [-0.2, -0.15) is 0 Å². The molecule has 4 N–H and O–H groups in total. The molecule has 2 rings (SSSR count). The van der Waals surface area contributed by atoms with E-state index in [-0.39, 0.29) is 6.04 Å². The molecule has 1 saturated carbocycles. The Balaban J connectivity index is 2.26. The molecule has 1 aromatic rings. The van der Waals surface area contributed by atoms with E-state index in [4.69, 9.17) is 11.5 Å². The number of hydrogen-bond acceptors (Lipinski definition) is 2. The molecular formula is C14H22N2. The molecule has 0 heterocycles. The Kier molecular flexibility index (Phi) is 3.04. The van der Waals surface area contributed by atoms with Crippen LogP contribution in [0.25, 0.3) is 0 Å². The first-order valence-corrected chi connectivity index (χ1v) is 6.08. The highest BCUT2D eigenvalue weighted by Gasteiger charge is 2.32. The van der Waals surface area contributed by atoms with Crippen LogP contribution in [0.2, 0.25) is 0 Å². The highest BCUT2D eigenvalue weighted by Crippen LogP contribution is 2.37. The summed E-state index contributed by atoms with van der Waals surface area (Å²) in [5.74, 6) is 0.579. The van der Waals surface area contributed by atoms with Crippen molar-refractivity contribution < 1.29 is 0 Å². The van der Waals surface area contributed by atoms with Crippen molar-refractivity contribution in [2.24, 2.45) is 17.4 Å². The van der Waals surface area contributed by atoms with Crippen LogP contribution < -0.4 is 11.5 Å². The molecule has 0 radical (unpaired) electrons. The Labute approximate surface area is 98.0 Å². The summed E-state index contributed by atoms with van der Waals surface area (Å²) < 4.78 is 0. The molecule has 1 fully saturated rings. The fourth-order valence-corrected chi connectivity index (χ4v) is 2.95. The first-order chi connectivity index (χ1) is 7.49. The third kappa shape index (κ3) is 2.00. The first-order valence-electron chi connectivity index (χ1n) is 6.08. The van der Waals surface area contributed by atoms with Gasteiger partial charge in [0, 0.05) is 12.1 Å². The van der Waals surface area contributed by atoms with Gasteiger partial charge in [-0.05, 0) is 56.2 Å². The highest BCUT2D eigenvalue weighted by atomic mass is 14.7. The molecule has 2 heteroatoms. The van der Waals surface area contributed by atoms with Crippen LogP contribution in [0.15, 0.2) is 12.1 Å². The Hall–Kier alpha value is -0.860. The molecule has 1 aliphatic carbocycles. The van der Waals surface area contributed by atoms with Crippen LogP contribution in [0.5, 0.6) is 0 Å². The summed E-state index contributed by atoms with van der Waals surface area (Å²) in [7, 11) is 0. The first kappa shape index (κ1) is 11.6. The van der Waals surface area contributed by atoms with Gasteiger partial charge in [0.2, 0.25) is 0 Å². The fourth-order valence-electron chi connectivity index (χ4n) is 2.95. The van der Waals surface area contributed by atoms with E-state index in [1.165, 1.54) is 22.3 Å². The number of nitrogens with two attached hydrogens (primary N) is 2. The van der Waals surface area contributed by atoms with Crippen LogP contribution >= 0.6 is 0 Å². The molecule has 0 bridgehead atoms. The zero-order valence-electron chi connectivity index (χ0n) is 10.5. The molecular weight excluding hydrogens is 196 g/mol. The van der Waals surface area contributed by atoms with Gasteiger partial charge in [0.1, 0.15) is 0 Å². The lowest BCUT2D eigenvalue weighted by Crippen LogP contribution is -2.42. The second-order valence-electron chi connectivity index (χ2n) is 5.33. The number of benzene rings is 1. The van der Waals surface area contributed by atoms with E-state index in [1.807, 2.05) is 0 Å². The van der Waals surface area contributed by atoms with Crippen LogP contribution in [-0.4, -0.2) is 6.04 Å². The molecule has 1 aromatic carbocycles. The van der Waals surface area contributed by atoms with Crippen molar-refractivity contribution in [1.82, 2.24) is 0 Å². The van der Waals surface area contributed by atoms with Gasteiger partial charge in [-0.25, -0.2) is 0 Å². The Bertz CT molecular complexity index is 369. The van der Waals surface area contributed by atoms with Crippen LogP contribution in [0.4, 0.5) is 0 Å². The minimum Gasteiger partial charge on any atom is -0.328 e. The summed E-state index contributed by atoms with van der Waals surface area (Å²) in [4.78, 5) is 0. The van der Waals surface area contributed by atoms with Crippen molar-refractivity contribution in [3.8, 4) is 0 Å². The maximum absolute atomic E-state index is 6.36. The van der Waals surface area contributed by atoms with E-state index < -0.39 is 0 Å². The molecule has 88 valence electrons. The zero-order valence-corrected chi connectivity index (χ0v) is 10.5. The number of hydrogen-bond donors (Lipinski definition) is 2. The van der Waals surface area contributed by atoms with Crippen molar-refractivity contribution in [3.05, 3.63) is 34.4 Å². The van der Waals surface area contributed by atoms with Crippen LogP contribution in [0.1, 0.15) is 41.1 Å². The lowest BCUT2D eigenvalue weighted by atomic mass is 9.73. The minimum atomic E-state index is 0.167. The minimum absolute atomic E-state index is 0.167. The molecule has 16 heavy (non-hydrogen) atoms. The monoisotopic (exact) mass is 218 g/mol. The second-order valence-corrected chi connectivity index (χ2v) is 5.33. The predicted molar refractivity (Wildman–Crippen MR) is 68.3 cm³/mol. The normalized spacial score (nSPS) is 26.3. The van der Waals surface area contributed by atoms with Crippen molar-refractivity contribution in [3.63, 3.8) is 0 Å². The topological polar surface area (TPSA) is 52.0 Å². The average molecular weight is 218 g/mol. The van der Waals surface area contributed by atoms with E-state index >= 15 is 0 Å². The summed E-state index contributed by atoms with van der Waals surface area (Å²) in [6.07, 6.45) is 2.15. The SMILES string of the molecule is Cc1cc(C)c(C(N)C2CC(N)C2)c(C)c1. The van der Waals surface area contributed by atoms with Crippen molar-refractivity contribution in [2.45, 2.75) is 45.7 Å². The van der Waals surface area contributed by atoms with Gasteiger partial charge >= 0.3 is 0 Å². The van der Waals surface area contributed by atoms with Gasteiger partial charge in [0.05, 0.1) is 0 Å². The van der Waals surface area contributed by atoms with E-state index in [9.17, 15) is 0 Å². The average Bonchev–Trinajstić information content (AvgIpc) is 2.10. The van der Waals surface area contributed by atoms with Gasteiger partial charge in [0.15, 0.2) is 0 Å². The molecule has 0 aliphatic heterocycles. The molecule has 1 atom stereocenters. The maximum atomic E-state index is 6.36. The number of rotatable bonds is 2. The Morgan fingerprint density at radius 2 is 1.62 bits per heavy atom. The summed E-state index contributed by atoms with van der Waals surface area (Å²) in [6.45, 7) is 6.45. The summed E-state index contributed by atoms with van der Waals surface area (Å²) in [5, 5.41) is 0. The second kappa shape index (κ2) is 4.19. The van der Waals surface area contributed by atoms with Gasteiger partial charge in [-0.3, -0.25) is 0 Å². The quantitative estimate of drug-likeness (QED) is 0.800. The van der Waals surface area contributed by atoms with E-state index in [2.05, 4.69) is 32.9 Å². The van der Waals surface area contributed by atoms with Crippen molar-refractivity contribution in [1.29, 1.82) is 0 Å². The van der Waals surface area contributed by atoms with Gasteiger partial charge in [-0.15, -0.1) is 0 Å². The fraction of sp³-hybridized carbons (Fsp3) is 0.571. The molecule has 0 amide bonds.